The molecule has 0 saturated heterocycles. The molecule has 0 radical (unpaired) electrons. The highest BCUT2D eigenvalue weighted by Crippen LogP contribution is 2.20. The molecule has 0 aliphatic carbocycles. The molecular weight excluding hydrogens is 255 g/mol. The molecule has 2 rings (SSSR count). The molecule has 0 bridgehead atoms. The lowest BCUT2D eigenvalue weighted by Crippen LogP contribution is -2.11. The molecule has 16 heavy (non-hydrogen) atoms. The highest BCUT2D eigenvalue weighted by atomic mass is 35.5. The molecule has 2 aromatic rings. The molecule has 0 aliphatic heterocycles. The molecule has 10 heteroatoms. The van der Waals surface area contributed by atoms with Gasteiger partial charge in [0.05, 0.1) is 6.04 Å². The Labute approximate surface area is 99.8 Å². The quantitative estimate of drug-likeness (QED) is 0.844. The summed E-state index contributed by atoms with van der Waals surface area (Å²) in [5.41, 5.74) is 0. The third kappa shape index (κ3) is 2.34. The minimum Gasteiger partial charge on any atom is -0.357 e. The Morgan fingerprint density at radius 1 is 1.25 bits per heavy atom. The van der Waals surface area contributed by atoms with E-state index in [1.165, 1.54) is 0 Å². The fraction of sp³-hybridized carbons (Fsp3) is 0.333. The van der Waals surface area contributed by atoms with Gasteiger partial charge in [-0.15, -0.1) is 20.4 Å². The molecule has 8 nitrogen and oxygen atoms in total. The molecule has 2 heterocycles. The lowest BCUT2D eigenvalue weighted by molar-refractivity contribution is 0.783. The zero-order chi connectivity index (χ0) is 11.5. The Balaban J connectivity index is 2.17. The number of nitrogens with one attached hydrogen (secondary N) is 2. The van der Waals surface area contributed by atoms with E-state index in [1.54, 1.807) is 0 Å². The summed E-state index contributed by atoms with van der Waals surface area (Å²) in [6.07, 6.45) is 0. The maximum absolute atomic E-state index is 5.78. The van der Waals surface area contributed by atoms with E-state index in [1.807, 2.05) is 6.92 Å². The van der Waals surface area contributed by atoms with E-state index < -0.39 is 0 Å². The second kappa shape index (κ2) is 4.54. The van der Waals surface area contributed by atoms with E-state index in [0.29, 0.717) is 11.6 Å². The summed E-state index contributed by atoms with van der Waals surface area (Å²) in [6.45, 7) is 1.82. The van der Waals surface area contributed by atoms with Crippen LogP contribution in [0.4, 0.5) is 5.82 Å². The Bertz CT molecular complexity index is 471. The molecule has 0 fully saturated rings. The van der Waals surface area contributed by atoms with Crippen molar-refractivity contribution in [2.24, 2.45) is 0 Å². The number of hydrogen-bond donors (Lipinski definition) is 2. The van der Waals surface area contributed by atoms with Crippen molar-refractivity contribution in [1.29, 1.82) is 0 Å². The van der Waals surface area contributed by atoms with Crippen LogP contribution in [0.25, 0.3) is 0 Å². The van der Waals surface area contributed by atoms with E-state index >= 15 is 0 Å². The van der Waals surface area contributed by atoms with Crippen molar-refractivity contribution in [1.82, 2.24) is 35.8 Å². The Morgan fingerprint density at radius 2 is 2.06 bits per heavy atom. The van der Waals surface area contributed by atoms with Gasteiger partial charge in [0, 0.05) is 0 Å². The van der Waals surface area contributed by atoms with Crippen LogP contribution in [-0.4, -0.2) is 35.8 Å². The van der Waals surface area contributed by atoms with Gasteiger partial charge in [-0.2, -0.15) is 10.2 Å². The zero-order valence-electron chi connectivity index (χ0n) is 8.02. The molecule has 0 spiro atoms. The second-order valence-electron chi connectivity index (χ2n) is 2.86. The molecule has 0 saturated carbocycles. The largest absolute Gasteiger partial charge is 0.357 e. The van der Waals surface area contributed by atoms with Crippen molar-refractivity contribution >= 4 is 29.0 Å². The summed E-state index contributed by atoms with van der Waals surface area (Å²) >= 11 is 11.4. The topological polar surface area (TPSA) is 105 Å². The molecule has 2 aromatic heterocycles. The SMILES string of the molecule is CC(Nc1nc(Cl)nnc1Cl)c1nn[nH]n1. The van der Waals surface area contributed by atoms with Crippen LogP contribution in [0.2, 0.25) is 10.4 Å². The third-order valence-corrected chi connectivity index (χ3v) is 2.14. The van der Waals surface area contributed by atoms with E-state index in [-0.39, 0.29) is 16.5 Å². The first-order valence-corrected chi connectivity index (χ1v) is 4.98. The Hall–Kier alpha value is -1.54. The number of H-pyrrole nitrogens is 1. The van der Waals surface area contributed by atoms with Gasteiger partial charge in [0.2, 0.25) is 5.28 Å². The average Bonchev–Trinajstić information content (AvgIpc) is 2.76. The predicted octanol–water partition coefficient (Wildman–Crippen LogP) is 0.865. The number of aromatic nitrogens is 7. The number of halogens is 2. The number of nitrogens with zero attached hydrogens (tertiary/aromatic N) is 6. The van der Waals surface area contributed by atoms with Crippen LogP contribution in [0.1, 0.15) is 18.8 Å². The van der Waals surface area contributed by atoms with Gasteiger partial charge in [0.15, 0.2) is 16.8 Å². The number of anilines is 1. The second-order valence-corrected chi connectivity index (χ2v) is 3.55. The lowest BCUT2D eigenvalue weighted by atomic mass is 10.3. The molecule has 0 aromatic carbocycles. The zero-order valence-corrected chi connectivity index (χ0v) is 9.53. The van der Waals surface area contributed by atoms with Crippen LogP contribution in [0.3, 0.4) is 0 Å². The van der Waals surface area contributed by atoms with E-state index in [2.05, 4.69) is 41.1 Å². The summed E-state index contributed by atoms with van der Waals surface area (Å²) in [5.74, 6) is 0.796. The number of rotatable bonds is 3. The van der Waals surface area contributed by atoms with Gasteiger partial charge in [-0.05, 0) is 18.5 Å². The van der Waals surface area contributed by atoms with Crippen LogP contribution in [0, 0.1) is 0 Å². The average molecular weight is 261 g/mol. The minimum absolute atomic E-state index is 0.00668. The van der Waals surface area contributed by atoms with Crippen molar-refractivity contribution in [3.63, 3.8) is 0 Å². The van der Waals surface area contributed by atoms with E-state index in [4.69, 9.17) is 23.2 Å². The van der Waals surface area contributed by atoms with Gasteiger partial charge in [0.1, 0.15) is 0 Å². The monoisotopic (exact) mass is 260 g/mol. The number of hydrogen-bond acceptors (Lipinski definition) is 7. The normalized spacial score (nSPS) is 12.4. The number of aromatic amines is 1. The first-order chi connectivity index (χ1) is 7.66. The fourth-order valence-electron chi connectivity index (χ4n) is 1.01. The van der Waals surface area contributed by atoms with Crippen molar-refractivity contribution in [2.45, 2.75) is 13.0 Å². The van der Waals surface area contributed by atoms with Gasteiger partial charge >= 0.3 is 0 Å². The molecule has 1 atom stereocenters. The van der Waals surface area contributed by atoms with Crippen molar-refractivity contribution in [2.75, 3.05) is 5.32 Å². The smallest absolute Gasteiger partial charge is 0.245 e. The first-order valence-electron chi connectivity index (χ1n) is 4.22. The van der Waals surface area contributed by atoms with Crippen LogP contribution in [0.5, 0.6) is 0 Å². The van der Waals surface area contributed by atoms with Gasteiger partial charge in [-0.25, -0.2) is 0 Å². The van der Waals surface area contributed by atoms with Gasteiger partial charge < -0.3 is 5.32 Å². The summed E-state index contributed by atoms with van der Waals surface area (Å²) in [4.78, 5) is 3.89. The Kier molecular flexibility index (Phi) is 3.11. The van der Waals surface area contributed by atoms with Crippen molar-refractivity contribution in [3.05, 3.63) is 16.3 Å². The maximum atomic E-state index is 5.78. The molecule has 0 aliphatic rings. The van der Waals surface area contributed by atoms with E-state index in [0.717, 1.165) is 0 Å². The Morgan fingerprint density at radius 3 is 2.75 bits per heavy atom. The highest BCUT2D eigenvalue weighted by molar-refractivity contribution is 6.32. The molecule has 0 amide bonds. The van der Waals surface area contributed by atoms with Gasteiger partial charge in [-0.3, -0.25) is 0 Å². The maximum Gasteiger partial charge on any atom is 0.245 e. The van der Waals surface area contributed by atoms with Gasteiger partial charge in [-0.1, -0.05) is 16.8 Å². The summed E-state index contributed by atoms with van der Waals surface area (Å²) in [5, 5.41) is 23.6. The molecule has 2 N–H and O–H groups in total. The van der Waals surface area contributed by atoms with Crippen LogP contribution in [0.15, 0.2) is 0 Å². The highest BCUT2D eigenvalue weighted by Gasteiger charge is 2.14. The van der Waals surface area contributed by atoms with Crippen molar-refractivity contribution < 1.29 is 0 Å². The standard InChI is InChI=1S/C6H6Cl2N8/c1-2(4-12-15-16-13-4)9-5-3(7)11-14-6(8)10-5/h2H,1H3,(H,9,10,14)(H,12,13,15,16). The molecule has 1 unspecified atom stereocenters. The first kappa shape index (κ1) is 11.0. The summed E-state index contributed by atoms with van der Waals surface area (Å²) in [7, 11) is 0. The van der Waals surface area contributed by atoms with Crippen LogP contribution < -0.4 is 5.32 Å². The predicted molar refractivity (Wildman–Crippen MR) is 56.1 cm³/mol. The summed E-state index contributed by atoms with van der Waals surface area (Å²) in [6, 6.07) is -0.232. The van der Waals surface area contributed by atoms with Crippen molar-refractivity contribution in [3.8, 4) is 0 Å². The third-order valence-electron chi connectivity index (χ3n) is 1.72. The van der Waals surface area contributed by atoms with Crippen LogP contribution >= 0.6 is 23.2 Å². The molecular formula is C6H6Cl2N8. The van der Waals surface area contributed by atoms with E-state index in [9.17, 15) is 0 Å². The van der Waals surface area contributed by atoms with Crippen LogP contribution in [-0.2, 0) is 0 Å². The minimum atomic E-state index is -0.232. The lowest BCUT2D eigenvalue weighted by Gasteiger charge is -2.10. The fourth-order valence-corrected chi connectivity index (χ4v) is 1.26. The number of tetrazole rings is 1. The molecule has 84 valence electrons. The summed E-state index contributed by atoms with van der Waals surface area (Å²) < 4.78 is 0. The van der Waals surface area contributed by atoms with Gasteiger partial charge in [0.25, 0.3) is 0 Å².